The molecule has 1 aromatic heterocycles. The van der Waals surface area contributed by atoms with Crippen molar-refractivity contribution in [1.82, 2.24) is 4.90 Å². The van der Waals surface area contributed by atoms with Gasteiger partial charge < -0.3 is 19.4 Å². The summed E-state index contributed by atoms with van der Waals surface area (Å²) >= 11 is 0. The van der Waals surface area contributed by atoms with Crippen molar-refractivity contribution in [3.8, 4) is 11.1 Å². The highest BCUT2D eigenvalue weighted by atomic mass is 16.5. The smallest absolute Gasteiger partial charge is 0.322 e. The Morgan fingerprint density at radius 3 is 2.46 bits per heavy atom. The van der Waals surface area contributed by atoms with Gasteiger partial charge in [-0.1, -0.05) is 42.5 Å². The number of ether oxygens (including phenoxy) is 1. The fourth-order valence-electron chi connectivity index (χ4n) is 3.42. The predicted molar refractivity (Wildman–Crippen MR) is 109 cm³/mol. The van der Waals surface area contributed by atoms with Crippen molar-refractivity contribution in [3.63, 3.8) is 0 Å². The van der Waals surface area contributed by atoms with Crippen LogP contribution in [0.25, 0.3) is 11.1 Å². The van der Waals surface area contributed by atoms with Gasteiger partial charge in [0, 0.05) is 18.8 Å². The Bertz CT molecular complexity index is 870. The Morgan fingerprint density at radius 1 is 1.00 bits per heavy atom. The molecule has 0 bridgehead atoms. The minimum atomic E-state index is -0.153. The zero-order chi connectivity index (χ0) is 19.2. The normalized spacial score (nSPS) is 16.1. The molecule has 144 valence electrons. The summed E-state index contributed by atoms with van der Waals surface area (Å²) in [6.07, 6.45) is 3.73. The first-order chi connectivity index (χ1) is 13.8. The molecule has 1 aliphatic rings. The van der Waals surface area contributed by atoms with Crippen molar-refractivity contribution < 1.29 is 13.9 Å². The number of urea groups is 1. The fourth-order valence-corrected chi connectivity index (χ4v) is 3.42. The van der Waals surface area contributed by atoms with Gasteiger partial charge in [-0.25, -0.2) is 4.79 Å². The SMILES string of the molecule is O=C(Nc1ccc(-c2ccccc2)cc1)N(Cc1ccco1)CC1CCCO1. The van der Waals surface area contributed by atoms with Crippen LogP contribution in [-0.2, 0) is 11.3 Å². The van der Waals surface area contributed by atoms with Crippen LogP contribution < -0.4 is 5.32 Å². The molecule has 2 aromatic carbocycles. The lowest BCUT2D eigenvalue weighted by atomic mass is 10.1. The molecule has 3 aromatic rings. The van der Waals surface area contributed by atoms with Gasteiger partial charge in [0.15, 0.2) is 0 Å². The monoisotopic (exact) mass is 376 g/mol. The number of nitrogens with zero attached hydrogens (tertiary/aromatic N) is 1. The zero-order valence-electron chi connectivity index (χ0n) is 15.7. The lowest BCUT2D eigenvalue weighted by Crippen LogP contribution is -2.39. The van der Waals surface area contributed by atoms with Crippen molar-refractivity contribution in [2.75, 3.05) is 18.5 Å². The average Bonchev–Trinajstić information content (AvgIpc) is 3.43. The molecule has 1 aliphatic heterocycles. The Morgan fingerprint density at radius 2 is 1.79 bits per heavy atom. The molecule has 1 fully saturated rings. The average molecular weight is 376 g/mol. The van der Waals surface area contributed by atoms with Crippen LogP contribution in [0.5, 0.6) is 0 Å². The Labute approximate surface area is 164 Å². The second kappa shape index (κ2) is 8.76. The third-order valence-corrected chi connectivity index (χ3v) is 4.91. The van der Waals surface area contributed by atoms with Gasteiger partial charge >= 0.3 is 6.03 Å². The van der Waals surface area contributed by atoms with Gasteiger partial charge in [0.25, 0.3) is 0 Å². The molecule has 1 unspecified atom stereocenters. The van der Waals surface area contributed by atoms with Gasteiger partial charge in [-0.3, -0.25) is 0 Å². The van der Waals surface area contributed by atoms with E-state index in [1.807, 2.05) is 54.6 Å². The topological polar surface area (TPSA) is 54.7 Å². The van der Waals surface area contributed by atoms with Crippen molar-refractivity contribution >= 4 is 11.7 Å². The maximum absolute atomic E-state index is 12.9. The first kappa shape index (κ1) is 18.3. The van der Waals surface area contributed by atoms with E-state index in [1.54, 1.807) is 11.2 Å². The van der Waals surface area contributed by atoms with Crippen molar-refractivity contribution in [2.24, 2.45) is 0 Å². The van der Waals surface area contributed by atoms with Crippen LogP contribution in [0.3, 0.4) is 0 Å². The summed E-state index contributed by atoms with van der Waals surface area (Å²) in [6.45, 7) is 1.73. The minimum absolute atomic E-state index is 0.0844. The quantitative estimate of drug-likeness (QED) is 0.646. The van der Waals surface area contributed by atoms with E-state index >= 15 is 0 Å². The van der Waals surface area contributed by atoms with E-state index in [-0.39, 0.29) is 12.1 Å². The van der Waals surface area contributed by atoms with E-state index in [0.29, 0.717) is 13.1 Å². The second-order valence-electron chi connectivity index (χ2n) is 6.97. The van der Waals surface area contributed by atoms with Crippen LogP contribution in [0.4, 0.5) is 10.5 Å². The van der Waals surface area contributed by atoms with Crippen molar-refractivity contribution in [3.05, 3.63) is 78.8 Å². The third kappa shape index (κ3) is 4.61. The highest BCUT2D eigenvalue weighted by molar-refractivity contribution is 5.89. The predicted octanol–water partition coefficient (Wildman–Crippen LogP) is 5.16. The van der Waals surface area contributed by atoms with Gasteiger partial charge in [-0.05, 0) is 48.2 Å². The van der Waals surface area contributed by atoms with Crippen LogP contribution in [0, 0.1) is 0 Å². The largest absolute Gasteiger partial charge is 0.467 e. The zero-order valence-corrected chi connectivity index (χ0v) is 15.7. The standard InChI is InChI=1S/C23H24N2O3/c26-23(24-20-12-10-19(11-13-20)18-6-2-1-3-7-18)25(16-21-8-4-14-27-21)17-22-9-5-15-28-22/h1-4,6-8,10-14,22H,5,9,15-17H2,(H,24,26). The van der Waals surface area contributed by atoms with Crippen molar-refractivity contribution in [2.45, 2.75) is 25.5 Å². The van der Waals surface area contributed by atoms with Crippen LogP contribution in [0.2, 0.25) is 0 Å². The summed E-state index contributed by atoms with van der Waals surface area (Å²) in [5.41, 5.74) is 3.03. The van der Waals surface area contributed by atoms with Crippen LogP contribution in [0.15, 0.2) is 77.4 Å². The molecule has 0 aliphatic carbocycles. The molecule has 4 rings (SSSR count). The second-order valence-corrected chi connectivity index (χ2v) is 6.97. The molecule has 0 radical (unpaired) electrons. The number of anilines is 1. The number of nitrogens with one attached hydrogen (secondary N) is 1. The number of hydrogen-bond donors (Lipinski definition) is 1. The Kier molecular flexibility index (Phi) is 5.73. The molecule has 28 heavy (non-hydrogen) atoms. The number of rotatable bonds is 6. The first-order valence-electron chi connectivity index (χ1n) is 9.63. The number of benzene rings is 2. The molecule has 5 heteroatoms. The van der Waals surface area contributed by atoms with Gasteiger partial charge in [-0.2, -0.15) is 0 Å². The van der Waals surface area contributed by atoms with Gasteiger partial charge in [0.1, 0.15) is 5.76 Å². The summed E-state index contributed by atoms with van der Waals surface area (Å²) < 4.78 is 11.1. The highest BCUT2D eigenvalue weighted by Gasteiger charge is 2.23. The molecule has 1 N–H and O–H groups in total. The van der Waals surface area contributed by atoms with E-state index in [2.05, 4.69) is 17.4 Å². The molecule has 2 heterocycles. The molecule has 5 nitrogen and oxygen atoms in total. The van der Waals surface area contributed by atoms with Gasteiger partial charge in [0.05, 0.1) is 18.9 Å². The van der Waals surface area contributed by atoms with Crippen LogP contribution in [-0.4, -0.2) is 30.2 Å². The number of amides is 2. The number of carbonyl (C=O) groups is 1. The molecule has 2 amide bonds. The van der Waals surface area contributed by atoms with E-state index < -0.39 is 0 Å². The highest BCUT2D eigenvalue weighted by Crippen LogP contribution is 2.22. The Balaban J connectivity index is 1.44. The summed E-state index contributed by atoms with van der Waals surface area (Å²) in [6, 6.07) is 21.6. The number of furan rings is 1. The van der Waals surface area contributed by atoms with Crippen molar-refractivity contribution in [1.29, 1.82) is 0 Å². The van der Waals surface area contributed by atoms with Gasteiger partial charge in [-0.15, -0.1) is 0 Å². The van der Waals surface area contributed by atoms with E-state index in [4.69, 9.17) is 9.15 Å². The van der Waals surface area contributed by atoms with E-state index in [9.17, 15) is 4.79 Å². The summed E-state index contributed by atoms with van der Waals surface area (Å²) in [5, 5.41) is 3.00. The molecule has 1 atom stereocenters. The summed E-state index contributed by atoms with van der Waals surface area (Å²) in [7, 11) is 0. The molecule has 1 saturated heterocycles. The number of hydrogen-bond acceptors (Lipinski definition) is 3. The molecule has 0 spiro atoms. The minimum Gasteiger partial charge on any atom is -0.467 e. The van der Waals surface area contributed by atoms with E-state index in [1.165, 1.54) is 0 Å². The molecular formula is C23H24N2O3. The maximum Gasteiger partial charge on any atom is 0.322 e. The van der Waals surface area contributed by atoms with Crippen LogP contribution >= 0.6 is 0 Å². The lowest BCUT2D eigenvalue weighted by molar-refractivity contribution is 0.0803. The molecular weight excluding hydrogens is 352 g/mol. The summed E-state index contributed by atoms with van der Waals surface area (Å²) in [4.78, 5) is 14.6. The van der Waals surface area contributed by atoms with Gasteiger partial charge in [0.2, 0.25) is 0 Å². The Hall–Kier alpha value is -3.05. The number of carbonyl (C=O) groups excluding carboxylic acids is 1. The summed E-state index contributed by atoms with van der Waals surface area (Å²) in [5.74, 6) is 0.757. The first-order valence-corrected chi connectivity index (χ1v) is 9.63. The molecule has 0 saturated carbocycles. The fraction of sp³-hybridized carbons (Fsp3) is 0.261. The lowest BCUT2D eigenvalue weighted by Gasteiger charge is -2.25. The van der Waals surface area contributed by atoms with E-state index in [0.717, 1.165) is 42.0 Å². The maximum atomic E-state index is 12.9. The van der Waals surface area contributed by atoms with Crippen LogP contribution in [0.1, 0.15) is 18.6 Å². The third-order valence-electron chi connectivity index (χ3n) is 4.91.